The molecule has 1 aromatic heterocycles. The maximum atomic E-state index is 9.73. The topological polar surface area (TPSA) is 36.4 Å². The summed E-state index contributed by atoms with van der Waals surface area (Å²) in [7, 11) is 3.76. The van der Waals surface area contributed by atoms with E-state index in [-0.39, 0.29) is 5.06 Å². The molecule has 15 heavy (non-hydrogen) atoms. The van der Waals surface area contributed by atoms with Crippen molar-refractivity contribution in [2.75, 3.05) is 14.1 Å². The summed E-state index contributed by atoms with van der Waals surface area (Å²) in [5, 5.41) is 9.94. The van der Waals surface area contributed by atoms with Crippen molar-refractivity contribution in [2.24, 2.45) is 0 Å². The number of rotatable bonds is 1. The fourth-order valence-electron chi connectivity index (χ4n) is 1.24. The zero-order chi connectivity index (χ0) is 10.8. The molecular formula is C11H12NO2S+. The van der Waals surface area contributed by atoms with E-state index in [1.54, 1.807) is 0 Å². The van der Waals surface area contributed by atoms with Crippen LogP contribution in [0.25, 0.3) is 11.3 Å². The molecule has 0 spiro atoms. The van der Waals surface area contributed by atoms with Gasteiger partial charge in [0, 0.05) is 16.9 Å². The molecule has 2 rings (SSSR count). The van der Waals surface area contributed by atoms with Gasteiger partial charge in [-0.3, -0.25) is 0 Å². The van der Waals surface area contributed by atoms with Crippen molar-refractivity contribution < 1.29 is 9.52 Å². The molecule has 0 unspecified atom stereocenters. The normalized spacial score (nSPS) is 10.3. The van der Waals surface area contributed by atoms with E-state index < -0.39 is 0 Å². The molecule has 0 saturated heterocycles. The molecule has 2 aromatic rings. The minimum atomic E-state index is 0.213. The summed E-state index contributed by atoms with van der Waals surface area (Å²) in [6.45, 7) is 0. The Labute approximate surface area is 91.6 Å². The van der Waals surface area contributed by atoms with Crippen LogP contribution in [-0.4, -0.2) is 19.2 Å². The highest BCUT2D eigenvalue weighted by Crippen LogP contribution is 2.30. The van der Waals surface area contributed by atoms with Gasteiger partial charge in [0.25, 0.3) is 0 Å². The van der Waals surface area contributed by atoms with Crippen LogP contribution in [-0.2, 0) is 0 Å². The van der Waals surface area contributed by atoms with Gasteiger partial charge in [0.1, 0.15) is 14.1 Å². The lowest BCUT2D eigenvalue weighted by Crippen LogP contribution is -2.16. The van der Waals surface area contributed by atoms with E-state index in [9.17, 15) is 5.11 Å². The standard InChI is InChI=1S/C11H11NO2S/c1-12(2)11-14-9(10(13)15-11)8-6-4-3-5-7-8/h3-7H,1-2H3/p+1. The zero-order valence-corrected chi connectivity index (χ0v) is 9.41. The van der Waals surface area contributed by atoms with Gasteiger partial charge in [-0.15, -0.1) is 0 Å². The Bertz CT molecular complexity index is 521. The third-order valence-electron chi connectivity index (χ3n) is 1.97. The number of nitrogens with zero attached hydrogens (tertiary/aromatic N) is 1. The van der Waals surface area contributed by atoms with Crippen molar-refractivity contribution in [1.29, 1.82) is 0 Å². The summed E-state index contributed by atoms with van der Waals surface area (Å²) in [5.74, 6) is 0.532. The molecule has 1 N–H and O–H groups in total. The first-order valence-electron chi connectivity index (χ1n) is 4.57. The van der Waals surface area contributed by atoms with Crippen molar-refractivity contribution in [3.8, 4) is 16.4 Å². The van der Waals surface area contributed by atoms with Gasteiger partial charge < -0.3 is 9.52 Å². The molecule has 1 aromatic carbocycles. The Balaban J connectivity index is 2.61. The van der Waals surface area contributed by atoms with Gasteiger partial charge in [-0.05, 0) is 0 Å². The van der Waals surface area contributed by atoms with E-state index in [0.29, 0.717) is 10.6 Å². The molecule has 0 saturated carbocycles. The number of aromatic hydroxyl groups is 1. The van der Waals surface area contributed by atoms with Crippen LogP contribution >= 0.6 is 11.3 Å². The molecule has 0 fully saturated rings. The molecule has 0 amide bonds. The molecule has 4 heteroatoms. The maximum absolute atomic E-state index is 9.73. The molecule has 1 heterocycles. The third-order valence-corrected chi connectivity index (χ3v) is 2.97. The largest absolute Gasteiger partial charge is 0.497 e. The van der Waals surface area contributed by atoms with Crippen LogP contribution in [0, 0.1) is 0 Å². The van der Waals surface area contributed by atoms with Gasteiger partial charge in [0.15, 0.2) is 5.76 Å². The maximum Gasteiger partial charge on any atom is 0.433 e. The predicted octanol–water partition coefficient (Wildman–Crippen LogP) is 1.75. The van der Waals surface area contributed by atoms with Gasteiger partial charge in [0.2, 0.25) is 5.06 Å². The van der Waals surface area contributed by atoms with Crippen LogP contribution in [0.4, 0.5) is 0 Å². The summed E-state index contributed by atoms with van der Waals surface area (Å²) >= 11 is 1.23. The summed E-state index contributed by atoms with van der Waals surface area (Å²) in [5.41, 5.74) is 0.888. The average Bonchev–Trinajstić information content (AvgIpc) is 2.62. The first kappa shape index (κ1) is 9.98. The molecule has 0 bridgehead atoms. The molecule has 78 valence electrons. The third kappa shape index (κ3) is 1.94. The fraction of sp³-hybridized carbons (Fsp3) is 0.182. The molecule has 0 aliphatic heterocycles. The second-order valence-electron chi connectivity index (χ2n) is 3.36. The summed E-state index contributed by atoms with van der Waals surface area (Å²) in [6, 6.07) is 9.57. The second kappa shape index (κ2) is 3.90. The average molecular weight is 222 g/mol. The SMILES string of the molecule is C[N+](C)=c1oc(-c2ccccc2)c(O)s1. The van der Waals surface area contributed by atoms with Gasteiger partial charge in [-0.1, -0.05) is 30.3 Å². The van der Waals surface area contributed by atoms with E-state index in [4.69, 9.17) is 4.42 Å². The zero-order valence-electron chi connectivity index (χ0n) is 8.60. The van der Waals surface area contributed by atoms with Crippen LogP contribution < -0.4 is 9.44 Å². The quantitative estimate of drug-likeness (QED) is 0.746. The van der Waals surface area contributed by atoms with Crippen molar-refractivity contribution in [3.63, 3.8) is 0 Å². The predicted molar refractivity (Wildman–Crippen MR) is 60.8 cm³/mol. The van der Waals surface area contributed by atoms with Crippen LogP contribution in [0.15, 0.2) is 34.7 Å². The van der Waals surface area contributed by atoms with Crippen LogP contribution in [0.1, 0.15) is 0 Å². The van der Waals surface area contributed by atoms with Crippen molar-refractivity contribution in [1.82, 2.24) is 4.58 Å². The van der Waals surface area contributed by atoms with Gasteiger partial charge >= 0.3 is 4.87 Å². The Hall–Kier alpha value is -1.55. The Kier molecular flexibility index (Phi) is 2.60. The van der Waals surface area contributed by atoms with Crippen LogP contribution in [0.2, 0.25) is 0 Å². The van der Waals surface area contributed by atoms with Crippen molar-refractivity contribution in [3.05, 3.63) is 35.2 Å². The Morgan fingerprint density at radius 1 is 1.20 bits per heavy atom. The number of hydrogen-bond acceptors (Lipinski definition) is 3. The van der Waals surface area contributed by atoms with Gasteiger partial charge in [0.05, 0.1) is 0 Å². The first-order chi connectivity index (χ1) is 7.18. The fourth-order valence-corrected chi connectivity index (χ4v) is 1.96. The summed E-state index contributed by atoms with van der Waals surface area (Å²) in [6.07, 6.45) is 0. The lowest BCUT2D eigenvalue weighted by Gasteiger charge is -1.93. The molecule has 0 radical (unpaired) electrons. The first-order valence-corrected chi connectivity index (χ1v) is 5.39. The summed E-state index contributed by atoms with van der Waals surface area (Å²) in [4.78, 5) is 0.686. The van der Waals surface area contributed by atoms with Crippen LogP contribution in [0.5, 0.6) is 5.06 Å². The highest BCUT2D eigenvalue weighted by Gasteiger charge is 2.13. The lowest BCUT2D eigenvalue weighted by atomic mass is 10.2. The lowest BCUT2D eigenvalue weighted by molar-refractivity contribution is 0.452. The van der Waals surface area contributed by atoms with E-state index in [0.717, 1.165) is 5.56 Å². The van der Waals surface area contributed by atoms with E-state index >= 15 is 0 Å². The highest BCUT2D eigenvalue weighted by molar-refractivity contribution is 7.11. The Morgan fingerprint density at radius 2 is 1.87 bits per heavy atom. The second-order valence-corrected chi connectivity index (χ2v) is 4.30. The van der Waals surface area contributed by atoms with Crippen molar-refractivity contribution >= 4 is 11.3 Å². The van der Waals surface area contributed by atoms with E-state index in [1.165, 1.54) is 11.3 Å². The summed E-state index contributed by atoms with van der Waals surface area (Å²) < 4.78 is 7.39. The highest BCUT2D eigenvalue weighted by atomic mass is 32.1. The monoisotopic (exact) mass is 222 g/mol. The number of benzene rings is 1. The van der Waals surface area contributed by atoms with Crippen molar-refractivity contribution in [2.45, 2.75) is 0 Å². The molecule has 0 aliphatic carbocycles. The smallest absolute Gasteiger partial charge is 0.433 e. The molecule has 0 atom stereocenters. The Morgan fingerprint density at radius 3 is 2.40 bits per heavy atom. The van der Waals surface area contributed by atoms with Crippen LogP contribution in [0.3, 0.4) is 0 Å². The minimum Gasteiger partial charge on any atom is -0.497 e. The molecular weight excluding hydrogens is 210 g/mol. The van der Waals surface area contributed by atoms with E-state index in [2.05, 4.69) is 0 Å². The van der Waals surface area contributed by atoms with E-state index in [1.807, 2.05) is 49.0 Å². The minimum absolute atomic E-state index is 0.213. The number of hydrogen-bond donors (Lipinski definition) is 1. The molecule has 3 nitrogen and oxygen atoms in total. The van der Waals surface area contributed by atoms with Gasteiger partial charge in [-0.2, -0.15) is 4.58 Å². The van der Waals surface area contributed by atoms with Gasteiger partial charge in [-0.25, -0.2) is 0 Å². The molecule has 0 aliphatic rings.